The van der Waals surface area contributed by atoms with Gasteiger partial charge in [0.15, 0.2) is 0 Å². The topological polar surface area (TPSA) is 12.0 Å². The summed E-state index contributed by atoms with van der Waals surface area (Å²) in [5.74, 6) is 0. The van der Waals surface area contributed by atoms with Gasteiger partial charge in [-0.3, -0.25) is 5.32 Å². The van der Waals surface area contributed by atoms with Crippen molar-refractivity contribution < 1.29 is 13.2 Å². The molecule has 0 atom stereocenters. The Morgan fingerprint density at radius 3 is 1.90 bits per heavy atom. The Balaban J connectivity index is 1.99. The summed E-state index contributed by atoms with van der Waals surface area (Å²) >= 11 is 0. The highest BCUT2D eigenvalue weighted by molar-refractivity contribution is 5.48. The van der Waals surface area contributed by atoms with Crippen LogP contribution < -0.4 is 5.32 Å². The first-order valence-electron chi connectivity index (χ1n) is 6.50. The van der Waals surface area contributed by atoms with Gasteiger partial charge in [-0.1, -0.05) is 48.5 Å². The van der Waals surface area contributed by atoms with Crippen LogP contribution in [0.25, 0.3) is 0 Å². The summed E-state index contributed by atoms with van der Waals surface area (Å²) < 4.78 is 37.5. The Labute approximate surface area is 115 Å². The van der Waals surface area contributed by atoms with E-state index in [1.54, 1.807) is 0 Å². The van der Waals surface area contributed by atoms with E-state index in [1.165, 1.54) is 0 Å². The van der Waals surface area contributed by atoms with E-state index in [1.807, 2.05) is 48.5 Å². The number of nitrogens with one attached hydrogen (secondary N) is 1. The normalized spacial score (nSPS) is 14.8. The molecule has 0 spiro atoms. The fraction of sp³-hybridized carbons (Fsp3) is 0.250. The summed E-state index contributed by atoms with van der Waals surface area (Å²) in [6.07, 6.45) is -3.43. The maximum absolute atomic E-state index is 12.5. The largest absolute Gasteiger partial charge is 0.401 e. The molecule has 104 valence electrons. The predicted octanol–water partition coefficient (Wildman–Crippen LogP) is 3.83. The van der Waals surface area contributed by atoms with Gasteiger partial charge < -0.3 is 0 Å². The lowest BCUT2D eigenvalue weighted by Gasteiger charge is -2.29. The van der Waals surface area contributed by atoms with Crippen molar-refractivity contribution in [3.63, 3.8) is 0 Å². The molecule has 1 aliphatic carbocycles. The number of benzene rings is 2. The molecule has 0 heterocycles. The second-order valence-electron chi connectivity index (χ2n) is 5.00. The fourth-order valence-corrected chi connectivity index (χ4v) is 2.76. The van der Waals surface area contributed by atoms with Crippen LogP contribution in [0.2, 0.25) is 0 Å². The summed E-state index contributed by atoms with van der Waals surface area (Å²) in [5.41, 5.74) is 4.06. The molecule has 4 heteroatoms. The van der Waals surface area contributed by atoms with Gasteiger partial charge in [-0.15, -0.1) is 0 Å². The van der Waals surface area contributed by atoms with Crippen LogP contribution >= 0.6 is 0 Å². The van der Waals surface area contributed by atoms with Crippen LogP contribution in [0.15, 0.2) is 48.5 Å². The van der Waals surface area contributed by atoms with Crippen molar-refractivity contribution in [2.75, 3.05) is 6.54 Å². The lowest BCUT2D eigenvalue weighted by molar-refractivity contribution is -0.125. The molecular formula is C16H14F3N. The molecule has 20 heavy (non-hydrogen) atoms. The van der Waals surface area contributed by atoms with E-state index < -0.39 is 18.8 Å². The molecule has 0 aromatic heterocycles. The number of hydrogen-bond donors (Lipinski definition) is 1. The lowest BCUT2D eigenvalue weighted by Crippen LogP contribution is -2.34. The van der Waals surface area contributed by atoms with Crippen molar-refractivity contribution in [1.29, 1.82) is 0 Å². The minimum Gasteiger partial charge on any atom is -0.298 e. The van der Waals surface area contributed by atoms with Crippen LogP contribution in [0, 0.1) is 0 Å². The quantitative estimate of drug-likeness (QED) is 0.879. The maximum atomic E-state index is 12.5. The van der Waals surface area contributed by atoms with Gasteiger partial charge in [0.1, 0.15) is 0 Å². The molecule has 3 rings (SSSR count). The average molecular weight is 277 g/mol. The van der Waals surface area contributed by atoms with Crippen LogP contribution in [0.1, 0.15) is 28.3 Å². The second-order valence-corrected chi connectivity index (χ2v) is 5.00. The number of halogens is 3. The number of alkyl halides is 3. The summed E-state index contributed by atoms with van der Waals surface area (Å²) in [7, 11) is 0. The van der Waals surface area contributed by atoms with E-state index in [4.69, 9.17) is 0 Å². The Bertz CT molecular complexity index is 574. The Hall–Kier alpha value is -1.81. The molecule has 0 amide bonds. The highest BCUT2D eigenvalue weighted by atomic mass is 19.4. The lowest BCUT2D eigenvalue weighted by atomic mass is 9.82. The molecule has 0 bridgehead atoms. The highest BCUT2D eigenvalue weighted by Crippen LogP contribution is 2.35. The molecular weight excluding hydrogens is 263 g/mol. The standard InChI is InChI=1S/C16H14F3N/c17-16(18,19)10-20-15-13-7-3-1-5-11(13)9-12-6-2-4-8-14(12)15/h1-8,15,20H,9-10H2. The molecule has 0 saturated carbocycles. The summed E-state index contributed by atoms with van der Waals surface area (Å²) in [6.45, 7) is -0.986. The van der Waals surface area contributed by atoms with E-state index in [0.717, 1.165) is 28.7 Å². The van der Waals surface area contributed by atoms with Gasteiger partial charge in [-0.05, 0) is 28.7 Å². The van der Waals surface area contributed by atoms with Crippen molar-refractivity contribution in [2.45, 2.75) is 18.6 Å². The van der Waals surface area contributed by atoms with E-state index in [2.05, 4.69) is 5.32 Å². The third-order valence-corrected chi connectivity index (χ3v) is 3.62. The van der Waals surface area contributed by atoms with Crippen molar-refractivity contribution in [2.24, 2.45) is 0 Å². The molecule has 1 N–H and O–H groups in total. The first-order chi connectivity index (χ1) is 9.54. The zero-order chi connectivity index (χ0) is 14.2. The number of hydrogen-bond acceptors (Lipinski definition) is 1. The van der Waals surface area contributed by atoms with Gasteiger partial charge in [0.25, 0.3) is 0 Å². The van der Waals surface area contributed by atoms with Crippen molar-refractivity contribution in [1.82, 2.24) is 5.32 Å². The van der Waals surface area contributed by atoms with Crippen LogP contribution in [-0.4, -0.2) is 12.7 Å². The highest BCUT2D eigenvalue weighted by Gasteiger charge is 2.31. The SMILES string of the molecule is FC(F)(F)CNC1c2ccccc2Cc2ccccc21. The third-order valence-electron chi connectivity index (χ3n) is 3.62. The molecule has 0 saturated heterocycles. The van der Waals surface area contributed by atoms with Crippen LogP contribution in [0.3, 0.4) is 0 Å². The predicted molar refractivity (Wildman–Crippen MR) is 71.6 cm³/mol. The van der Waals surface area contributed by atoms with Crippen molar-refractivity contribution in [3.05, 3.63) is 70.8 Å². The van der Waals surface area contributed by atoms with Crippen LogP contribution in [0.5, 0.6) is 0 Å². The van der Waals surface area contributed by atoms with E-state index in [9.17, 15) is 13.2 Å². The van der Waals surface area contributed by atoms with Gasteiger partial charge in [0.05, 0.1) is 12.6 Å². The molecule has 1 aliphatic rings. The molecule has 0 unspecified atom stereocenters. The average Bonchev–Trinajstić information content (AvgIpc) is 2.42. The van der Waals surface area contributed by atoms with Gasteiger partial charge in [-0.2, -0.15) is 13.2 Å². The van der Waals surface area contributed by atoms with Crippen molar-refractivity contribution >= 4 is 0 Å². The smallest absolute Gasteiger partial charge is 0.298 e. The molecule has 2 aromatic rings. The second kappa shape index (κ2) is 4.94. The zero-order valence-electron chi connectivity index (χ0n) is 10.7. The minimum atomic E-state index is -4.21. The van der Waals surface area contributed by atoms with E-state index in [0.29, 0.717) is 0 Å². The monoisotopic (exact) mass is 277 g/mol. The van der Waals surface area contributed by atoms with Crippen LogP contribution in [0.4, 0.5) is 13.2 Å². The third kappa shape index (κ3) is 2.56. The van der Waals surface area contributed by atoms with Gasteiger partial charge >= 0.3 is 6.18 Å². The molecule has 1 nitrogen and oxygen atoms in total. The van der Waals surface area contributed by atoms with Crippen LogP contribution in [-0.2, 0) is 6.42 Å². The van der Waals surface area contributed by atoms with Gasteiger partial charge in [0.2, 0.25) is 0 Å². The first-order valence-corrected chi connectivity index (χ1v) is 6.50. The number of fused-ring (bicyclic) bond motifs is 2. The molecule has 2 aromatic carbocycles. The minimum absolute atomic E-state index is 0.391. The number of rotatable bonds is 2. The summed E-state index contributed by atoms with van der Waals surface area (Å²) in [5, 5.41) is 2.65. The van der Waals surface area contributed by atoms with Crippen molar-refractivity contribution in [3.8, 4) is 0 Å². The Morgan fingerprint density at radius 1 is 0.900 bits per heavy atom. The van der Waals surface area contributed by atoms with E-state index >= 15 is 0 Å². The summed E-state index contributed by atoms with van der Waals surface area (Å²) in [6, 6.07) is 15.0. The maximum Gasteiger partial charge on any atom is 0.401 e. The fourth-order valence-electron chi connectivity index (χ4n) is 2.76. The Kier molecular flexibility index (Phi) is 3.26. The van der Waals surface area contributed by atoms with Gasteiger partial charge in [0, 0.05) is 0 Å². The van der Waals surface area contributed by atoms with E-state index in [-0.39, 0.29) is 0 Å². The molecule has 0 aliphatic heterocycles. The first kappa shape index (κ1) is 13.2. The van der Waals surface area contributed by atoms with Gasteiger partial charge in [-0.25, -0.2) is 0 Å². The molecule has 0 fully saturated rings. The Morgan fingerprint density at radius 2 is 1.40 bits per heavy atom. The molecule has 0 radical (unpaired) electrons. The zero-order valence-corrected chi connectivity index (χ0v) is 10.7. The summed E-state index contributed by atoms with van der Waals surface area (Å²) in [4.78, 5) is 0.